The smallest absolute Gasteiger partial charge is 0.268 e. The van der Waals surface area contributed by atoms with Gasteiger partial charge in [0.05, 0.1) is 28.5 Å². The second-order valence-corrected chi connectivity index (χ2v) is 6.53. The van der Waals surface area contributed by atoms with Crippen LogP contribution < -0.4 is 4.90 Å². The maximum atomic E-state index is 12.7. The third kappa shape index (κ3) is 2.43. The SMILES string of the molecule is O=C1C(=Cc2cnn3ccccc23)SC(=S)N1c1cccnc1. The van der Waals surface area contributed by atoms with Crippen LogP contribution in [0.25, 0.3) is 11.6 Å². The Morgan fingerprint density at radius 2 is 2.09 bits per heavy atom. The summed E-state index contributed by atoms with van der Waals surface area (Å²) in [7, 11) is 0. The molecule has 7 heteroatoms. The summed E-state index contributed by atoms with van der Waals surface area (Å²) in [4.78, 5) is 18.8. The maximum Gasteiger partial charge on any atom is 0.270 e. The van der Waals surface area contributed by atoms with Gasteiger partial charge in [-0.2, -0.15) is 5.10 Å². The van der Waals surface area contributed by atoms with Gasteiger partial charge in [-0.3, -0.25) is 14.7 Å². The highest BCUT2D eigenvalue weighted by Gasteiger charge is 2.33. The first-order valence-electron chi connectivity index (χ1n) is 6.84. The molecule has 0 bridgehead atoms. The Balaban J connectivity index is 1.73. The molecule has 1 amide bonds. The highest BCUT2D eigenvalue weighted by atomic mass is 32.2. The summed E-state index contributed by atoms with van der Waals surface area (Å²) in [6.07, 6.45) is 8.73. The van der Waals surface area contributed by atoms with Gasteiger partial charge >= 0.3 is 0 Å². The largest absolute Gasteiger partial charge is 0.270 e. The summed E-state index contributed by atoms with van der Waals surface area (Å²) in [5.41, 5.74) is 2.51. The molecule has 4 heterocycles. The summed E-state index contributed by atoms with van der Waals surface area (Å²) in [5, 5.41) is 4.28. The Bertz CT molecular complexity index is 949. The number of amides is 1. The van der Waals surface area contributed by atoms with Gasteiger partial charge in [-0.15, -0.1) is 0 Å². The maximum absolute atomic E-state index is 12.7. The summed E-state index contributed by atoms with van der Waals surface area (Å²) in [6, 6.07) is 9.40. The lowest BCUT2D eigenvalue weighted by atomic mass is 10.2. The number of nitrogens with zero attached hydrogens (tertiary/aromatic N) is 4. The molecule has 1 aliphatic heterocycles. The van der Waals surface area contributed by atoms with E-state index in [1.165, 1.54) is 16.7 Å². The summed E-state index contributed by atoms with van der Waals surface area (Å²) in [6.45, 7) is 0. The molecule has 23 heavy (non-hydrogen) atoms. The lowest BCUT2D eigenvalue weighted by molar-refractivity contribution is -0.113. The van der Waals surface area contributed by atoms with Gasteiger partial charge < -0.3 is 0 Å². The number of aromatic nitrogens is 3. The van der Waals surface area contributed by atoms with Crippen molar-refractivity contribution in [2.24, 2.45) is 0 Å². The average molecular weight is 338 g/mol. The van der Waals surface area contributed by atoms with Gasteiger partial charge in [0.15, 0.2) is 4.32 Å². The molecule has 3 aromatic rings. The van der Waals surface area contributed by atoms with Crippen molar-refractivity contribution in [2.45, 2.75) is 0 Å². The van der Waals surface area contributed by atoms with Gasteiger partial charge in [0.25, 0.3) is 5.91 Å². The number of rotatable bonds is 2. The number of hydrogen-bond donors (Lipinski definition) is 0. The van der Waals surface area contributed by atoms with Crippen LogP contribution in [0.5, 0.6) is 0 Å². The Morgan fingerprint density at radius 1 is 1.17 bits per heavy atom. The molecular formula is C16H10N4OS2. The summed E-state index contributed by atoms with van der Waals surface area (Å²) < 4.78 is 2.28. The van der Waals surface area contributed by atoms with Crippen LogP contribution in [0.15, 0.2) is 60.0 Å². The number of fused-ring (bicyclic) bond motifs is 1. The molecule has 4 rings (SSSR count). The topological polar surface area (TPSA) is 50.5 Å². The van der Waals surface area contributed by atoms with Crippen LogP contribution in [0.3, 0.4) is 0 Å². The van der Waals surface area contributed by atoms with Crippen LogP contribution in [-0.2, 0) is 4.79 Å². The van der Waals surface area contributed by atoms with Crippen molar-refractivity contribution in [3.05, 3.63) is 65.6 Å². The molecule has 3 aromatic heterocycles. The Morgan fingerprint density at radius 3 is 2.91 bits per heavy atom. The van der Waals surface area contributed by atoms with E-state index in [2.05, 4.69) is 10.1 Å². The normalized spacial score (nSPS) is 16.7. The quantitative estimate of drug-likeness (QED) is 0.531. The van der Waals surface area contributed by atoms with E-state index in [9.17, 15) is 4.79 Å². The molecule has 0 N–H and O–H groups in total. The van der Waals surface area contributed by atoms with E-state index in [0.29, 0.717) is 14.9 Å². The number of hydrogen-bond acceptors (Lipinski definition) is 5. The van der Waals surface area contributed by atoms with E-state index >= 15 is 0 Å². The van der Waals surface area contributed by atoms with Crippen molar-refractivity contribution >= 4 is 51.5 Å². The van der Waals surface area contributed by atoms with Gasteiger partial charge in [-0.05, 0) is 30.3 Å². The zero-order valence-electron chi connectivity index (χ0n) is 11.8. The fourth-order valence-electron chi connectivity index (χ4n) is 2.38. The van der Waals surface area contributed by atoms with Crippen molar-refractivity contribution in [1.82, 2.24) is 14.6 Å². The number of carbonyl (C=O) groups is 1. The third-order valence-corrected chi connectivity index (χ3v) is 4.74. The molecule has 0 saturated carbocycles. The number of carbonyl (C=O) groups excluding carboxylic acids is 1. The first-order valence-corrected chi connectivity index (χ1v) is 8.07. The molecule has 0 unspecified atom stereocenters. The van der Waals surface area contributed by atoms with Crippen molar-refractivity contribution in [1.29, 1.82) is 0 Å². The first-order chi connectivity index (χ1) is 11.2. The number of thiocarbonyl (C=S) groups is 1. The van der Waals surface area contributed by atoms with E-state index in [1.54, 1.807) is 29.2 Å². The molecule has 0 radical (unpaired) electrons. The lowest BCUT2D eigenvalue weighted by Gasteiger charge is -2.13. The monoisotopic (exact) mass is 338 g/mol. The lowest BCUT2D eigenvalue weighted by Crippen LogP contribution is -2.27. The molecule has 5 nitrogen and oxygen atoms in total. The zero-order valence-corrected chi connectivity index (χ0v) is 13.4. The Hall–Kier alpha value is -2.51. The molecule has 112 valence electrons. The molecule has 1 aliphatic rings. The number of thioether (sulfide) groups is 1. The molecular weight excluding hydrogens is 328 g/mol. The van der Waals surface area contributed by atoms with Gasteiger partial charge in [0, 0.05) is 18.0 Å². The fraction of sp³-hybridized carbons (Fsp3) is 0. The average Bonchev–Trinajstić information content (AvgIpc) is 3.10. The Labute approximate surface area is 141 Å². The molecule has 1 saturated heterocycles. The molecule has 0 aromatic carbocycles. The van der Waals surface area contributed by atoms with Crippen LogP contribution in [0.4, 0.5) is 5.69 Å². The van der Waals surface area contributed by atoms with Crippen molar-refractivity contribution < 1.29 is 4.79 Å². The highest BCUT2D eigenvalue weighted by molar-refractivity contribution is 8.27. The predicted molar refractivity (Wildman–Crippen MR) is 95.1 cm³/mol. The Kier molecular flexibility index (Phi) is 3.44. The van der Waals surface area contributed by atoms with Crippen LogP contribution >= 0.6 is 24.0 Å². The molecule has 0 spiro atoms. The van der Waals surface area contributed by atoms with E-state index in [-0.39, 0.29) is 5.91 Å². The number of pyridine rings is 2. The van der Waals surface area contributed by atoms with E-state index < -0.39 is 0 Å². The fourth-order valence-corrected chi connectivity index (χ4v) is 3.67. The molecule has 1 fully saturated rings. The van der Waals surface area contributed by atoms with E-state index in [0.717, 1.165) is 11.1 Å². The van der Waals surface area contributed by atoms with Gasteiger partial charge in [0.2, 0.25) is 0 Å². The molecule has 0 atom stereocenters. The van der Waals surface area contributed by atoms with E-state index in [1.807, 2.05) is 36.5 Å². The standard InChI is InChI=1S/C16H10N4OS2/c21-15-14(8-11-9-18-19-7-2-1-5-13(11)19)23-16(22)20(15)12-4-3-6-17-10-12/h1-10H. The second-order valence-electron chi connectivity index (χ2n) is 4.86. The van der Waals surface area contributed by atoms with Gasteiger partial charge in [0.1, 0.15) is 0 Å². The summed E-state index contributed by atoms with van der Waals surface area (Å²) >= 11 is 6.63. The predicted octanol–water partition coefficient (Wildman–Crippen LogP) is 3.14. The minimum absolute atomic E-state index is 0.136. The molecule has 0 aliphatic carbocycles. The van der Waals surface area contributed by atoms with Crippen LogP contribution in [-0.4, -0.2) is 24.8 Å². The third-order valence-electron chi connectivity index (χ3n) is 3.44. The van der Waals surface area contributed by atoms with Gasteiger partial charge in [-0.25, -0.2) is 4.52 Å². The van der Waals surface area contributed by atoms with E-state index in [4.69, 9.17) is 12.2 Å². The second kappa shape index (κ2) is 5.60. The highest BCUT2D eigenvalue weighted by Crippen LogP contribution is 2.36. The number of anilines is 1. The summed E-state index contributed by atoms with van der Waals surface area (Å²) in [5.74, 6) is -0.136. The minimum Gasteiger partial charge on any atom is -0.268 e. The first kappa shape index (κ1) is 14.1. The van der Waals surface area contributed by atoms with Crippen LogP contribution in [0.2, 0.25) is 0 Å². The van der Waals surface area contributed by atoms with Crippen LogP contribution in [0.1, 0.15) is 5.56 Å². The van der Waals surface area contributed by atoms with Crippen molar-refractivity contribution in [3.63, 3.8) is 0 Å². The van der Waals surface area contributed by atoms with Gasteiger partial charge in [-0.1, -0.05) is 30.0 Å². The van der Waals surface area contributed by atoms with Crippen molar-refractivity contribution in [2.75, 3.05) is 4.90 Å². The van der Waals surface area contributed by atoms with Crippen LogP contribution in [0, 0.1) is 0 Å². The van der Waals surface area contributed by atoms with Crippen molar-refractivity contribution in [3.8, 4) is 0 Å². The minimum atomic E-state index is -0.136. The zero-order chi connectivity index (χ0) is 15.8.